The first-order valence-electron chi connectivity index (χ1n) is 6.95. The van der Waals surface area contributed by atoms with Gasteiger partial charge in [0.05, 0.1) is 12.4 Å². The van der Waals surface area contributed by atoms with E-state index in [9.17, 15) is 13.2 Å². The second kappa shape index (κ2) is 10.2. The van der Waals surface area contributed by atoms with E-state index in [0.29, 0.717) is 19.3 Å². The Morgan fingerprint density at radius 1 is 1.11 bits per heavy atom. The van der Waals surface area contributed by atoms with Gasteiger partial charge in [-0.2, -0.15) is 8.42 Å². The van der Waals surface area contributed by atoms with Crippen LogP contribution in [-0.4, -0.2) is 31.3 Å². The number of ether oxygens (including phenoxy) is 1. The van der Waals surface area contributed by atoms with Gasteiger partial charge in [-0.3, -0.25) is 9.35 Å². The lowest BCUT2D eigenvalue weighted by molar-refractivity contribution is -0.140. The number of hydrogen-bond acceptors (Lipinski definition) is 4. The second-order valence-electron chi connectivity index (χ2n) is 4.81. The molecule has 0 bridgehead atoms. The van der Waals surface area contributed by atoms with Crippen LogP contribution in [0.5, 0.6) is 0 Å². The van der Waals surface area contributed by atoms with Gasteiger partial charge < -0.3 is 4.74 Å². The van der Waals surface area contributed by atoms with Crippen molar-refractivity contribution in [3.05, 3.63) is 0 Å². The molecule has 1 unspecified atom stereocenters. The Bertz CT molecular complexity index is 337. The molecular weight excluding hydrogens is 268 g/mol. The molecule has 0 saturated carbocycles. The molecule has 0 amide bonds. The van der Waals surface area contributed by atoms with Gasteiger partial charge in [-0.1, -0.05) is 39.0 Å². The highest BCUT2D eigenvalue weighted by molar-refractivity contribution is 7.86. The van der Waals surface area contributed by atoms with Gasteiger partial charge in [0.25, 0.3) is 10.1 Å². The Kier molecular flexibility index (Phi) is 9.87. The molecule has 0 fully saturated rings. The van der Waals surface area contributed by atoms with Crippen molar-refractivity contribution in [3.8, 4) is 0 Å². The Labute approximate surface area is 116 Å². The van der Waals surface area contributed by atoms with E-state index in [2.05, 4.69) is 4.74 Å². The maximum absolute atomic E-state index is 11.1. The van der Waals surface area contributed by atoms with Crippen molar-refractivity contribution in [2.75, 3.05) is 7.11 Å². The smallest absolute Gasteiger partial charge is 0.305 e. The first-order chi connectivity index (χ1) is 8.91. The molecule has 0 aliphatic heterocycles. The van der Waals surface area contributed by atoms with Crippen LogP contribution < -0.4 is 0 Å². The van der Waals surface area contributed by atoms with Gasteiger partial charge >= 0.3 is 5.97 Å². The second-order valence-corrected chi connectivity index (χ2v) is 6.50. The van der Waals surface area contributed by atoms with E-state index >= 15 is 0 Å². The normalized spacial score (nSPS) is 13.2. The molecule has 1 N–H and O–H groups in total. The maximum Gasteiger partial charge on any atom is 0.305 e. The zero-order valence-electron chi connectivity index (χ0n) is 11.9. The summed E-state index contributed by atoms with van der Waals surface area (Å²) in [5, 5.41) is -0.618. The van der Waals surface area contributed by atoms with Crippen LogP contribution in [0.1, 0.15) is 64.7 Å². The average Bonchev–Trinajstić information content (AvgIpc) is 2.34. The minimum atomic E-state index is -3.90. The summed E-state index contributed by atoms with van der Waals surface area (Å²) in [6.45, 7) is 1.91. The van der Waals surface area contributed by atoms with Gasteiger partial charge in [0.2, 0.25) is 0 Å². The zero-order valence-corrected chi connectivity index (χ0v) is 12.7. The van der Waals surface area contributed by atoms with Gasteiger partial charge in [-0.15, -0.1) is 0 Å². The Balaban J connectivity index is 3.64. The largest absolute Gasteiger partial charge is 0.469 e. The topological polar surface area (TPSA) is 80.7 Å². The van der Waals surface area contributed by atoms with E-state index in [1.165, 1.54) is 7.11 Å². The first-order valence-corrected chi connectivity index (χ1v) is 8.45. The van der Waals surface area contributed by atoms with Crippen LogP contribution >= 0.6 is 0 Å². The SMILES string of the molecule is CCCC(CCCCCCCC(=O)OC)S(=O)(=O)O. The van der Waals surface area contributed by atoms with Crippen molar-refractivity contribution < 1.29 is 22.5 Å². The third-order valence-corrected chi connectivity index (χ3v) is 4.48. The molecular formula is C13H26O5S. The zero-order chi connectivity index (χ0) is 14.7. The maximum atomic E-state index is 11.1. The summed E-state index contributed by atoms with van der Waals surface area (Å²) in [5.74, 6) is -0.186. The van der Waals surface area contributed by atoms with Gasteiger partial charge in [0.15, 0.2) is 0 Å². The van der Waals surface area contributed by atoms with Crippen LogP contribution in [0.3, 0.4) is 0 Å². The number of rotatable bonds is 11. The van der Waals surface area contributed by atoms with E-state index in [0.717, 1.165) is 38.5 Å². The molecule has 0 aromatic heterocycles. The van der Waals surface area contributed by atoms with E-state index in [1.807, 2.05) is 6.92 Å². The van der Waals surface area contributed by atoms with Gasteiger partial charge in [-0.25, -0.2) is 0 Å². The molecule has 0 aromatic carbocycles. The molecule has 114 valence electrons. The lowest BCUT2D eigenvalue weighted by Gasteiger charge is -2.12. The van der Waals surface area contributed by atoms with Gasteiger partial charge in [0, 0.05) is 6.42 Å². The van der Waals surface area contributed by atoms with Crippen LogP contribution in [0, 0.1) is 0 Å². The lowest BCUT2D eigenvalue weighted by atomic mass is 10.1. The molecule has 0 rings (SSSR count). The number of methoxy groups -OCH3 is 1. The monoisotopic (exact) mass is 294 g/mol. The quantitative estimate of drug-likeness (QED) is 0.360. The number of hydrogen-bond donors (Lipinski definition) is 1. The Hall–Kier alpha value is -0.620. The van der Waals surface area contributed by atoms with E-state index in [1.54, 1.807) is 0 Å². The van der Waals surface area contributed by atoms with Crippen molar-refractivity contribution in [1.82, 2.24) is 0 Å². The van der Waals surface area contributed by atoms with Gasteiger partial charge in [0.1, 0.15) is 0 Å². The molecule has 1 atom stereocenters. The molecule has 0 aliphatic rings. The predicted octanol–water partition coefficient (Wildman–Crippen LogP) is 2.95. The number of carbonyl (C=O) groups excluding carboxylic acids is 1. The van der Waals surface area contributed by atoms with Crippen molar-refractivity contribution in [1.29, 1.82) is 0 Å². The third-order valence-electron chi connectivity index (χ3n) is 3.17. The summed E-state index contributed by atoms with van der Waals surface area (Å²) in [7, 11) is -2.52. The van der Waals surface area contributed by atoms with Crippen molar-refractivity contribution in [2.45, 2.75) is 70.0 Å². The molecule has 5 nitrogen and oxygen atoms in total. The predicted molar refractivity (Wildman–Crippen MR) is 74.6 cm³/mol. The van der Waals surface area contributed by atoms with Crippen LogP contribution in [0.4, 0.5) is 0 Å². The molecule has 19 heavy (non-hydrogen) atoms. The summed E-state index contributed by atoms with van der Waals surface area (Å²) < 4.78 is 35.8. The number of unbranched alkanes of at least 4 members (excludes halogenated alkanes) is 4. The Morgan fingerprint density at radius 2 is 1.68 bits per heavy atom. The molecule has 6 heteroatoms. The fraction of sp³-hybridized carbons (Fsp3) is 0.923. The highest BCUT2D eigenvalue weighted by Crippen LogP contribution is 2.16. The average molecular weight is 294 g/mol. The van der Waals surface area contributed by atoms with Crippen molar-refractivity contribution >= 4 is 16.1 Å². The molecule has 0 saturated heterocycles. The molecule has 0 heterocycles. The summed E-state index contributed by atoms with van der Waals surface area (Å²) in [6.07, 6.45) is 6.68. The highest BCUT2D eigenvalue weighted by atomic mass is 32.2. The van der Waals surface area contributed by atoms with E-state index in [-0.39, 0.29) is 5.97 Å². The summed E-state index contributed by atoms with van der Waals surface area (Å²) >= 11 is 0. The van der Waals surface area contributed by atoms with Crippen LogP contribution in [-0.2, 0) is 19.6 Å². The Morgan fingerprint density at radius 3 is 2.21 bits per heavy atom. The fourth-order valence-electron chi connectivity index (χ4n) is 2.04. The van der Waals surface area contributed by atoms with Crippen LogP contribution in [0.25, 0.3) is 0 Å². The summed E-state index contributed by atoms with van der Waals surface area (Å²) in [5.41, 5.74) is 0. The fourth-order valence-corrected chi connectivity index (χ4v) is 3.04. The standard InChI is InChI=1S/C13H26O5S/c1-3-9-12(19(15,16)17)10-7-5-4-6-8-11-13(14)18-2/h12H,3-11H2,1-2H3,(H,15,16,17). The number of esters is 1. The molecule has 0 spiro atoms. The summed E-state index contributed by atoms with van der Waals surface area (Å²) in [4.78, 5) is 10.9. The molecule has 0 radical (unpaired) electrons. The first kappa shape index (κ1) is 18.4. The minimum Gasteiger partial charge on any atom is -0.469 e. The molecule has 0 aliphatic carbocycles. The molecule has 0 aromatic rings. The number of carbonyl (C=O) groups is 1. The van der Waals surface area contributed by atoms with Crippen molar-refractivity contribution in [3.63, 3.8) is 0 Å². The van der Waals surface area contributed by atoms with Crippen LogP contribution in [0.2, 0.25) is 0 Å². The third kappa shape index (κ3) is 9.90. The lowest BCUT2D eigenvalue weighted by Crippen LogP contribution is -2.20. The van der Waals surface area contributed by atoms with Gasteiger partial charge in [-0.05, 0) is 19.3 Å². The minimum absolute atomic E-state index is 0.186. The van der Waals surface area contributed by atoms with Crippen molar-refractivity contribution in [2.24, 2.45) is 0 Å². The highest BCUT2D eigenvalue weighted by Gasteiger charge is 2.20. The van der Waals surface area contributed by atoms with E-state index < -0.39 is 15.4 Å². The summed E-state index contributed by atoms with van der Waals surface area (Å²) in [6, 6.07) is 0. The van der Waals surface area contributed by atoms with Crippen LogP contribution in [0.15, 0.2) is 0 Å². The van der Waals surface area contributed by atoms with E-state index in [4.69, 9.17) is 4.55 Å².